The Morgan fingerprint density at radius 3 is 2.76 bits per heavy atom. The highest BCUT2D eigenvalue weighted by Crippen LogP contribution is 2.39. The molecule has 1 unspecified atom stereocenters. The molecule has 2 aliphatic heterocycles. The second-order valence-electron chi connectivity index (χ2n) is 8.72. The molecular weight excluding hydrogens is 370 g/mol. The smallest absolute Gasteiger partial charge is 0.410 e. The number of rotatable bonds is 4. The standard InChI is InChI=1S/C22H27N3O4/c1-22(8-9-22)28-21(26)25-10-5-15(6-11-25)20-23-19(24-29-20)17-4-2-3-16(13-17)18-7-12-27-14-18/h2-4,13,15,18H,5-12,14H2,1H3. The number of carbonyl (C=O) groups is 1. The average molecular weight is 397 g/mol. The number of hydrogen-bond donors (Lipinski definition) is 0. The molecule has 1 amide bonds. The van der Waals surface area contributed by atoms with Gasteiger partial charge in [0.25, 0.3) is 0 Å². The first kappa shape index (κ1) is 18.6. The molecule has 0 N–H and O–H groups in total. The van der Waals surface area contributed by atoms with E-state index >= 15 is 0 Å². The maximum atomic E-state index is 12.3. The fraction of sp³-hybridized carbons (Fsp3) is 0.591. The van der Waals surface area contributed by atoms with Crippen molar-refractivity contribution in [3.05, 3.63) is 35.7 Å². The van der Waals surface area contributed by atoms with Crippen LogP contribution in [0.4, 0.5) is 4.79 Å². The lowest BCUT2D eigenvalue weighted by atomic mass is 9.96. The number of amides is 1. The zero-order valence-electron chi connectivity index (χ0n) is 16.8. The first-order valence-corrected chi connectivity index (χ1v) is 10.6. The van der Waals surface area contributed by atoms with Gasteiger partial charge < -0.3 is 18.9 Å². The summed E-state index contributed by atoms with van der Waals surface area (Å²) in [5, 5.41) is 4.22. The molecule has 2 saturated heterocycles. The van der Waals surface area contributed by atoms with Crippen molar-refractivity contribution in [2.24, 2.45) is 0 Å². The molecule has 2 aromatic rings. The molecular formula is C22H27N3O4. The zero-order chi connectivity index (χ0) is 19.8. The summed E-state index contributed by atoms with van der Waals surface area (Å²) in [4.78, 5) is 18.7. The van der Waals surface area contributed by atoms with Gasteiger partial charge in [0.2, 0.25) is 11.7 Å². The van der Waals surface area contributed by atoms with Crippen LogP contribution in [0.25, 0.3) is 11.4 Å². The van der Waals surface area contributed by atoms with Crippen LogP contribution in [0.15, 0.2) is 28.8 Å². The van der Waals surface area contributed by atoms with E-state index in [0.29, 0.717) is 30.7 Å². The van der Waals surface area contributed by atoms with E-state index in [1.54, 1.807) is 4.90 Å². The van der Waals surface area contributed by atoms with Crippen molar-refractivity contribution in [3.63, 3.8) is 0 Å². The van der Waals surface area contributed by atoms with Crippen LogP contribution in [0.5, 0.6) is 0 Å². The molecule has 1 atom stereocenters. The number of carbonyl (C=O) groups excluding carboxylic acids is 1. The minimum atomic E-state index is -0.228. The minimum absolute atomic E-state index is 0.184. The molecule has 0 spiro atoms. The third-order valence-electron chi connectivity index (χ3n) is 6.38. The van der Waals surface area contributed by atoms with Crippen LogP contribution in [0, 0.1) is 0 Å². The Morgan fingerprint density at radius 2 is 2.03 bits per heavy atom. The molecule has 7 heteroatoms. The van der Waals surface area contributed by atoms with Crippen molar-refractivity contribution in [1.29, 1.82) is 0 Å². The van der Waals surface area contributed by atoms with Crippen molar-refractivity contribution in [3.8, 4) is 11.4 Å². The number of ether oxygens (including phenoxy) is 2. The predicted molar refractivity (Wildman–Crippen MR) is 106 cm³/mol. The Morgan fingerprint density at radius 1 is 1.21 bits per heavy atom. The molecule has 1 aliphatic carbocycles. The molecule has 3 aliphatic rings. The fourth-order valence-corrected chi connectivity index (χ4v) is 4.11. The van der Waals surface area contributed by atoms with Gasteiger partial charge in [-0.1, -0.05) is 23.4 Å². The SMILES string of the molecule is CC1(OC(=O)N2CCC(c3nc(-c4cccc(C5CCOC5)c4)no3)CC2)CC1. The number of piperidine rings is 1. The van der Waals surface area contributed by atoms with Crippen molar-refractivity contribution in [2.75, 3.05) is 26.3 Å². The number of benzene rings is 1. The van der Waals surface area contributed by atoms with Crippen LogP contribution in [0.1, 0.15) is 62.3 Å². The van der Waals surface area contributed by atoms with Gasteiger partial charge in [0.05, 0.1) is 6.61 Å². The summed E-state index contributed by atoms with van der Waals surface area (Å²) in [6.45, 7) is 4.92. The molecule has 5 rings (SSSR count). The van der Waals surface area contributed by atoms with E-state index in [4.69, 9.17) is 14.0 Å². The Hall–Kier alpha value is -2.41. The van der Waals surface area contributed by atoms with E-state index in [1.165, 1.54) is 5.56 Å². The van der Waals surface area contributed by atoms with Crippen molar-refractivity contribution >= 4 is 6.09 Å². The molecule has 7 nitrogen and oxygen atoms in total. The molecule has 0 bridgehead atoms. The highest BCUT2D eigenvalue weighted by atomic mass is 16.6. The van der Waals surface area contributed by atoms with E-state index in [-0.39, 0.29) is 17.6 Å². The highest BCUT2D eigenvalue weighted by Gasteiger charge is 2.43. The van der Waals surface area contributed by atoms with E-state index in [2.05, 4.69) is 22.3 Å². The van der Waals surface area contributed by atoms with E-state index < -0.39 is 0 Å². The van der Waals surface area contributed by atoms with Gasteiger partial charge in [0, 0.05) is 37.1 Å². The Labute approximate surface area is 170 Å². The quantitative estimate of drug-likeness (QED) is 0.773. The summed E-state index contributed by atoms with van der Waals surface area (Å²) >= 11 is 0. The van der Waals surface area contributed by atoms with Crippen LogP contribution in [-0.2, 0) is 9.47 Å². The van der Waals surface area contributed by atoms with E-state index in [1.807, 2.05) is 19.1 Å². The number of likely N-dealkylation sites (tertiary alicyclic amines) is 1. The molecule has 3 heterocycles. The van der Waals surface area contributed by atoms with E-state index in [9.17, 15) is 4.79 Å². The molecule has 29 heavy (non-hydrogen) atoms. The van der Waals surface area contributed by atoms with Crippen LogP contribution in [-0.4, -0.2) is 53.0 Å². The highest BCUT2D eigenvalue weighted by molar-refractivity contribution is 5.68. The zero-order valence-corrected chi connectivity index (χ0v) is 16.8. The normalized spacial score (nSPS) is 23.9. The van der Waals surface area contributed by atoms with Crippen molar-refractivity contribution < 1.29 is 18.8 Å². The van der Waals surface area contributed by atoms with Gasteiger partial charge in [0.1, 0.15) is 5.60 Å². The summed E-state index contributed by atoms with van der Waals surface area (Å²) < 4.78 is 16.7. The van der Waals surface area contributed by atoms with Crippen molar-refractivity contribution in [2.45, 2.75) is 56.5 Å². The summed E-state index contributed by atoms with van der Waals surface area (Å²) in [7, 11) is 0. The molecule has 3 fully saturated rings. The van der Waals surface area contributed by atoms with Gasteiger partial charge in [-0.25, -0.2) is 4.79 Å². The fourth-order valence-electron chi connectivity index (χ4n) is 4.11. The number of nitrogens with zero attached hydrogens (tertiary/aromatic N) is 3. The molecule has 1 saturated carbocycles. The maximum absolute atomic E-state index is 12.3. The first-order valence-electron chi connectivity index (χ1n) is 10.6. The van der Waals surface area contributed by atoms with Gasteiger partial charge in [-0.3, -0.25) is 0 Å². The topological polar surface area (TPSA) is 77.7 Å². The van der Waals surface area contributed by atoms with Crippen LogP contribution < -0.4 is 0 Å². The van der Waals surface area contributed by atoms with Gasteiger partial charge in [-0.05, 0) is 50.7 Å². The third kappa shape index (κ3) is 4.01. The molecule has 1 aromatic heterocycles. The summed E-state index contributed by atoms with van der Waals surface area (Å²) in [6.07, 6.45) is 4.42. The lowest BCUT2D eigenvalue weighted by Gasteiger charge is -2.30. The Bertz CT molecular complexity index is 878. The van der Waals surface area contributed by atoms with E-state index in [0.717, 1.165) is 50.9 Å². The van der Waals surface area contributed by atoms with Gasteiger partial charge >= 0.3 is 6.09 Å². The van der Waals surface area contributed by atoms with Crippen LogP contribution >= 0.6 is 0 Å². The van der Waals surface area contributed by atoms with Crippen LogP contribution in [0.3, 0.4) is 0 Å². The number of hydrogen-bond acceptors (Lipinski definition) is 6. The van der Waals surface area contributed by atoms with Gasteiger partial charge in [-0.15, -0.1) is 0 Å². The summed E-state index contributed by atoms with van der Waals surface area (Å²) in [5.74, 6) is 1.92. The monoisotopic (exact) mass is 397 g/mol. The summed E-state index contributed by atoms with van der Waals surface area (Å²) in [5.41, 5.74) is 2.01. The second kappa shape index (κ2) is 7.44. The van der Waals surface area contributed by atoms with Gasteiger partial charge in [-0.2, -0.15) is 4.98 Å². The lowest BCUT2D eigenvalue weighted by molar-refractivity contribution is 0.0510. The second-order valence-corrected chi connectivity index (χ2v) is 8.72. The average Bonchev–Trinajstić information content (AvgIpc) is 3.18. The third-order valence-corrected chi connectivity index (χ3v) is 6.38. The van der Waals surface area contributed by atoms with Gasteiger partial charge in [0.15, 0.2) is 0 Å². The van der Waals surface area contributed by atoms with Crippen molar-refractivity contribution in [1.82, 2.24) is 15.0 Å². The first-order chi connectivity index (χ1) is 14.1. The largest absolute Gasteiger partial charge is 0.443 e. The lowest BCUT2D eigenvalue weighted by Crippen LogP contribution is -2.39. The molecule has 1 aromatic carbocycles. The number of aromatic nitrogens is 2. The van der Waals surface area contributed by atoms with Crippen LogP contribution in [0.2, 0.25) is 0 Å². The Kier molecular flexibility index (Phi) is 4.78. The Balaban J connectivity index is 1.22. The molecule has 0 radical (unpaired) electrons. The summed E-state index contributed by atoms with van der Waals surface area (Å²) in [6, 6.07) is 8.35. The predicted octanol–water partition coefficient (Wildman–Crippen LogP) is 4.11. The minimum Gasteiger partial charge on any atom is -0.443 e. The maximum Gasteiger partial charge on any atom is 0.410 e. The molecule has 154 valence electrons.